The number of fused-ring (bicyclic) bond motifs is 2. The Bertz CT molecular complexity index is 683. The van der Waals surface area contributed by atoms with Gasteiger partial charge in [0.25, 0.3) is 0 Å². The van der Waals surface area contributed by atoms with Crippen LogP contribution < -0.4 is 9.46 Å². The van der Waals surface area contributed by atoms with Crippen molar-refractivity contribution in [3.8, 4) is 5.75 Å². The van der Waals surface area contributed by atoms with Gasteiger partial charge >= 0.3 is 0 Å². The Balaban J connectivity index is 1.80. The third-order valence-electron chi connectivity index (χ3n) is 6.20. The number of hydrogen-bond donors (Lipinski definition) is 2. The summed E-state index contributed by atoms with van der Waals surface area (Å²) in [5.41, 5.74) is -0.182. The van der Waals surface area contributed by atoms with E-state index in [-0.39, 0.29) is 11.2 Å². The number of aliphatic hydroxyl groups excluding tert-OH is 1. The Kier molecular flexibility index (Phi) is 3.88. The van der Waals surface area contributed by atoms with Crippen LogP contribution in [0.4, 0.5) is 5.69 Å². The maximum absolute atomic E-state index is 12.7. The highest BCUT2D eigenvalue weighted by atomic mass is 32.2. The van der Waals surface area contributed by atoms with Gasteiger partial charge in [0.2, 0.25) is 10.0 Å². The predicted molar refractivity (Wildman–Crippen MR) is 90.0 cm³/mol. The maximum Gasteiger partial charge on any atom is 0.233 e. The van der Waals surface area contributed by atoms with Gasteiger partial charge in [0, 0.05) is 11.1 Å². The van der Waals surface area contributed by atoms with Crippen LogP contribution in [0.3, 0.4) is 0 Å². The van der Waals surface area contributed by atoms with Gasteiger partial charge in [0.05, 0.1) is 19.0 Å². The topological polar surface area (TPSA) is 75.6 Å². The van der Waals surface area contributed by atoms with Crippen molar-refractivity contribution in [2.45, 2.75) is 39.2 Å². The summed E-state index contributed by atoms with van der Waals surface area (Å²) in [5.74, 6) is 1.06. The minimum absolute atomic E-state index is 0.0311. The van der Waals surface area contributed by atoms with Gasteiger partial charge in [-0.25, -0.2) is 8.42 Å². The van der Waals surface area contributed by atoms with E-state index in [1.807, 2.05) is 0 Å². The normalized spacial score (nSPS) is 32.0. The second-order valence-electron chi connectivity index (χ2n) is 7.45. The molecule has 0 aromatic heterocycles. The van der Waals surface area contributed by atoms with E-state index >= 15 is 0 Å². The lowest BCUT2D eigenvalue weighted by atomic mass is 9.70. The average Bonchev–Trinajstić information content (AvgIpc) is 2.81. The van der Waals surface area contributed by atoms with Crippen molar-refractivity contribution in [2.24, 2.45) is 16.7 Å². The first-order valence-electron chi connectivity index (χ1n) is 8.03. The van der Waals surface area contributed by atoms with Crippen LogP contribution in [0.5, 0.6) is 5.75 Å². The number of anilines is 1. The van der Waals surface area contributed by atoms with E-state index in [0.29, 0.717) is 23.8 Å². The summed E-state index contributed by atoms with van der Waals surface area (Å²) in [4.78, 5) is 0. The first-order chi connectivity index (χ1) is 10.7. The molecule has 2 N–H and O–H groups in total. The highest BCUT2D eigenvalue weighted by molar-refractivity contribution is 7.92. The molecular formula is C17H25NO4S. The van der Waals surface area contributed by atoms with E-state index in [0.717, 1.165) is 12.8 Å². The summed E-state index contributed by atoms with van der Waals surface area (Å²) in [6.07, 6.45) is 1.95. The molecule has 2 aliphatic carbocycles. The number of aliphatic hydroxyl groups is 1. The van der Waals surface area contributed by atoms with Crippen LogP contribution in [-0.4, -0.2) is 32.5 Å². The summed E-state index contributed by atoms with van der Waals surface area (Å²) >= 11 is 0. The van der Waals surface area contributed by atoms with Crippen LogP contribution in [-0.2, 0) is 10.0 Å². The molecule has 2 bridgehead atoms. The molecule has 1 aromatic rings. The molecule has 0 aliphatic heterocycles. The minimum Gasteiger partial charge on any atom is -0.497 e. The monoisotopic (exact) mass is 339 g/mol. The van der Waals surface area contributed by atoms with Gasteiger partial charge in [0.1, 0.15) is 5.75 Å². The van der Waals surface area contributed by atoms with Gasteiger partial charge in [-0.3, -0.25) is 4.72 Å². The van der Waals surface area contributed by atoms with Crippen LogP contribution >= 0.6 is 0 Å². The molecule has 0 unspecified atom stereocenters. The van der Waals surface area contributed by atoms with Crippen molar-refractivity contribution in [3.63, 3.8) is 0 Å². The number of nitrogens with one attached hydrogen (secondary N) is 1. The Morgan fingerprint density at radius 2 is 1.96 bits per heavy atom. The number of benzene rings is 1. The maximum atomic E-state index is 12.7. The molecule has 1 aromatic carbocycles. The van der Waals surface area contributed by atoms with E-state index in [1.54, 1.807) is 31.4 Å². The lowest BCUT2D eigenvalue weighted by molar-refractivity contribution is 0.0154. The Morgan fingerprint density at radius 1 is 1.30 bits per heavy atom. The number of sulfonamides is 1. The van der Waals surface area contributed by atoms with Crippen molar-refractivity contribution in [3.05, 3.63) is 24.3 Å². The van der Waals surface area contributed by atoms with E-state index in [1.165, 1.54) is 0 Å². The van der Waals surface area contributed by atoms with Gasteiger partial charge in [-0.2, -0.15) is 0 Å². The molecule has 0 heterocycles. The smallest absolute Gasteiger partial charge is 0.233 e. The molecule has 3 rings (SSSR count). The highest BCUT2D eigenvalue weighted by Gasteiger charge is 2.64. The number of hydrogen-bond acceptors (Lipinski definition) is 4. The van der Waals surface area contributed by atoms with Crippen LogP contribution in [0.1, 0.15) is 33.1 Å². The van der Waals surface area contributed by atoms with Gasteiger partial charge < -0.3 is 9.84 Å². The molecule has 6 heteroatoms. The minimum atomic E-state index is -3.54. The summed E-state index contributed by atoms with van der Waals surface area (Å²) in [6, 6.07) is 6.80. The molecule has 3 atom stereocenters. The van der Waals surface area contributed by atoms with Gasteiger partial charge in [-0.1, -0.05) is 13.8 Å². The standard InChI is InChI=1S/C17H25NO4S/c1-16(2)12-8-9-17(16,15(19)10-12)11-23(20,21)18-13-4-6-14(22-3)7-5-13/h4-7,12,15,18-19H,8-11H2,1-3H3/t12-,15-,17-/m1/s1. The molecule has 0 radical (unpaired) electrons. The van der Waals surface area contributed by atoms with E-state index in [2.05, 4.69) is 18.6 Å². The van der Waals surface area contributed by atoms with Crippen molar-refractivity contribution >= 4 is 15.7 Å². The van der Waals surface area contributed by atoms with Crippen molar-refractivity contribution in [1.82, 2.24) is 0 Å². The SMILES string of the molecule is COc1ccc(NS(=O)(=O)C[C@]23CC[C@H](C[C@H]2O)C3(C)C)cc1. The molecule has 0 spiro atoms. The van der Waals surface area contributed by atoms with Crippen molar-refractivity contribution < 1.29 is 18.3 Å². The fourth-order valence-corrected chi connectivity index (χ4v) is 6.55. The zero-order valence-corrected chi connectivity index (χ0v) is 14.7. The first kappa shape index (κ1) is 16.6. The lowest BCUT2D eigenvalue weighted by Crippen LogP contribution is -2.45. The third-order valence-corrected chi connectivity index (χ3v) is 7.64. The van der Waals surface area contributed by atoms with Crippen LogP contribution in [0.15, 0.2) is 24.3 Å². The summed E-state index contributed by atoms with van der Waals surface area (Å²) < 4.78 is 33.1. The Labute approximate surface area is 138 Å². The molecule has 23 heavy (non-hydrogen) atoms. The third kappa shape index (κ3) is 2.62. The Morgan fingerprint density at radius 3 is 2.43 bits per heavy atom. The summed E-state index contributed by atoms with van der Waals surface area (Å²) in [6.45, 7) is 4.20. The molecule has 2 fully saturated rings. The molecule has 5 nitrogen and oxygen atoms in total. The first-order valence-corrected chi connectivity index (χ1v) is 9.68. The van der Waals surface area contributed by atoms with E-state index in [4.69, 9.17) is 4.74 Å². The molecule has 0 amide bonds. The van der Waals surface area contributed by atoms with Crippen LogP contribution in [0.25, 0.3) is 0 Å². The molecule has 0 saturated heterocycles. The quantitative estimate of drug-likeness (QED) is 0.865. The summed E-state index contributed by atoms with van der Waals surface area (Å²) in [5, 5.41) is 10.5. The second kappa shape index (κ2) is 5.38. The average molecular weight is 339 g/mol. The second-order valence-corrected chi connectivity index (χ2v) is 9.18. The lowest BCUT2D eigenvalue weighted by Gasteiger charge is -2.40. The van der Waals surface area contributed by atoms with Gasteiger partial charge in [-0.05, 0) is 54.9 Å². The van der Waals surface area contributed by atoms with Crippen LogP contribution in [0.2, 0.25) is 0 Å². The van der Waals surface area contributed by atoms with E-state index in [9.17, 15) is 13.5 Å². The zero-order chi connectivity index (χ0) is 16.9. The Hall–Kier alpha value is -1.27. The van der Waals surface area contributed by atoms with E-state index < -0.39 is 21.5 Å². The molecule has 128 valence electrons. The zero-order valence-electron chi connectivity index (χ0n) is 13.9. The highest BCUT2D eigenvalue weighted by Crippen LogP contribution is 2.66. The number of ether oxygens (including phenoxy) is 1. The molecule has 2 aliphatic rings. The van der Waals surface area contributed by atoms with Crippen LogP contribution in [0, 0.1) is 16.7 Å². The van der Waals surface area contributed by atoms with Crippen molar-refractivity contribution in [2.75, 3.05) is 17.6 Å². The predicted octanol–water partition coefficient (Wildman–Crippen LogP) is 2.62. The fraction of sp³-hybridized carbons (Fsp3) is 0.647. The van der Waals surface area contributed by atoms with Crippen molar-refractivity contribution in [1.29, 1.82) is 0 Å². The summed E-state index contributed by atoms with van der Waals surface area (Å²) in [7, 11) is -1.97. The molecular weight excluding hydrogens is 314 g/mol. The molecule has 2 saturated carbocycles. The number of methoxy groups -OCH3 is 1. The fourth-order valence-electron chi connectivity index (χ4n) is 4.59. The van der Waals surface area contributed by atoms with Gasteiger partial charge in [-0.15, -0.1) is 0 Å². The largest absolute Gasteiger partial charge is 0.497 e. The van der Waals surface area contributed by atoms with Gasteiger partial charge in [0.15, 0.2) is 0 Å². The number of rotatable bonds is 5.